The van der Waals surface area contributed by atoms with Crippen molar-refractivity contribution in [1.29, 1.82) is 0 Å². The largest absolute Gasteiger partial charge is 0.354 e. The van der Waals surface area contributed by atoms with Crippen molar-refractivity contribution < 1.29 is 13.2 Å². The van der Waals surface area contributed by atoms with E-state index in [4.69, 9.17) is 0 Å². The highest BCUT2D eigenvalue weighted by Crippen LogP contribution is 2.04. The van der Waals surface area contributed by atoms with Gasteiger partial charge in [0.15, 0.2) is 0 Å². The lowest BCUT2D eigenvalue weighted by Crippen LogP contribution is -2.43. The first kappa shape index (κ1) is 15.4. The molecule has 0 spiro atoms. The van der Waals surface area contributed by atoms with Crippen LogP contribution in [0, 0.1) is 0 Å². The molecule has 1 unspecified atom stereocenters. The molecular weight excluding hydrogens is 254 g/mol. The zero-order valence-corrected chi connectivity index (χ0v) is 11.9. The number of nitrogens with zero attached hydrogens (tertiary/aromatic N) is 1. The third-order valence-electron chi connectivity index (χ3n) is 3.13. The number of carbonyl (C=O) groups excluding carboxylic acids is 1. The Hall–Kier alpha value is -0.660. The summed E-state index contributed by atoms with van der Waals surface area (Å²) in [6, 6.07) is -0.152. The van der Waals surface area contributed by atoms with Gasteiger partial charge in [-0.15, -0.1) is 0 Å². The van der Waals surface area contributed by atoms with E-state index in [0.717, 1.165) is 19.4 Å². The van der Waals surface area contributed by atoms with E-state index in [2.05, 4.69) is 10.6 Å². The van der Waals surface area contributed by atoms with Crippen molar-refractivity contribution in [2.24, 2.45) is 0 Å². The fourth-order valence-corrected chi connectivity index (χ4v) is 3.49. The first-order valence-corrected chi connectivity index (χ1v) is 8.11. The molecule has 1 aliphatic heterocycles. The van der Waals surface area contributed by atoms with Gasteiger partial charge in [-0.1, -0.05) is 13.8 Å². The molecule has 0 aliphatic carbocycles. The summed E-state index contributed by atoms with van der Waals surface area (Å²) < 4.78 is 25.1. The maximum Gasteiger partial charge on any atom is 0.237 e. The summed E-state index contributed by atoms with van der Waals surface area (Å²) in [6.45, 7) is 5.59. The first-order valence-electron chi connectivity index (χ1n) is 6.50. The third-order valence-corrected chi connectivity index (χ3v) is 5.16. The molecule has 2 N–H and O–H groups in total. The lowest BCUT2D eigenvalue weighted by atomic mass is 10.2. The SMILES string of the molecule is CCN(CC)S(=O)(=O)CCNC(=O)C1CCCN1. The van der Waals surface area contributed by atoms with Gasteiger partial charge >= 0.3 is 0 Å². The van der Waals surface area contributed by atoms with Gasteiger partial charge < -0.3 is 10.6 Å². The van der Waals surface area contributed by atoms with Crippen LogP contribution in [0.5, 0.6) is 0 Å². The molecular formula is C11H23N3O3S. The van der Waals surface area contributed by atoms with Crippen molar-refractivity contribution in [1.82, 2.24) is 14.9 Å². The second-order valence-electron chi connectivity index (χ2n) is 4.34. The molecule has 1 heterocycles. The van der Waals surface area contributed by atoms with Crippen LogP contribution in [0.25, 0.3) is 0 Å². The minimum absolute atomic E-state index is 0.0346. The van der Waals surface area contributed by atoms with Gasteiger partial charge in [0.2, 0.25) is 15.9 Å². The van der Waals surface area contributed by atoms with Crippen LogP contribution in [0.2, 0.25) is 0 Å². The molecule has 0 radical (unpaired) electrons. The molecule has 0 bridgehead atoms. The fourth-order valence-electron chi connectivity index (χ4n) is 2.08. The van der Waals surface area contributed by atoms with Gasteiger partial charge in [-0.2, -0.15) is 0 Å². The Morgan fingerprint density at radius 2 is 2.06 bits per heavy atom. The van der Waals surface area contributed by atoms with E-state index in [9.17, 15) is 13.2 Å². The topological polar surface area (TPSA) is 78.5 Å². The Bertz CT molecular complexity index is 360. The summed E-state index contributed by atoms with van der Waals surface area (Å²) in [5.74, 6) is -0.130. The predicted octanol–water partition coefficient (Wildman–Crippen LogP) is -0.474. The molecule has 1 fully saturated rings. The molecule has 1 aliphatic rings. The summed E-state index contributed by atoms with van der Waals surface area (Å²) in [7, 11) is -3.24. The standard InChI is InChI=1S/C11H23N3O3S/c1-3-14(4-2)18(16,17)9-8-13-11(15)10-6-5-7-12-10/h10,12H,3-9H2,1-2H3,(H,13,15). The summed E-state index contributed by atoms with van der Waals surface area (Å²) in [4.78, 5) is 11.7. The number of nitrogens with one attached hydrogen (secondary N) is 2. The summed E-state index contributed by atoms with van der Waals surface area (Å²) in [5, 5.41) is 5.75. The molecule has 0 aromatic rings. The van der Waals surface area contributed by atoms with Crippen molar-refractivity contribution in [2.75, 3.05) is 31.9 Å². The van der Waals surface area contributed by atoms with Crippen LogP contribution in [0.1, 0.15) is 26.7 Å². The molecule has 0 saturated carbocycles. The molecule has 6 nitrogen and oxygen atoms in total. The van der Waals surface area contributed by atoms with Crippen molar-refractivity contribution in [2.45, 2.75) is 32.7 Å². The van der Waals surface area contributed by atoms with E-state index in [1.807, 2.05) is 13.8 Å². The minimum Gasteiger partial charge on any atom is -0.354 e. The average molecular weight is 277 g/mol. The summed E-state index contributed by atoms with van der Waals surface area (Å²) in [6.07, 6.45) is 1.82. The van der Waals surface area contributed by atoms with Gasteiger partial charge in [0.05, 0.1) is 11.8 Å². The van der Waals surface area contributed by atoms with Crippen LogP contribution < -0.4 is 10.6 Å². The number of hydrogen-bond acceptors (Lipinski definition) is 4. The van der Waals surface area contributed by atoms with Gasteiger partial charge in [-0.05, 0) is 19.4 Å². The molecule has 1 rings (SSSR count). The maximum absolute atomic E-state index is 11.9. The number of hydrogen-bond donors (Lipinski definition) is 2. The molecule has 1 atom stereocenters. The zero-order valence-electron chi connectivity index (χ0n) is 11.1. The minimum atomic E-state index is -3.24. The highest BCUT2D eigenvalue weighted by molar-refractivity contribution is 7.89. The second kappa shape index (κ2) is 7.06. The molecule has 0 aromatic heterocycles. The van der Waals surface area contributed by atoms with E-state index in [0.29, 0.717) is 13.1 Å². The smallest absolute Gasteiger partial charge is 0.237 e. The third kappa shape index (κ3) is 4.22. The van der Waals surface area contributed by atoms with Crippen LogP contribution in [-0.2, 0) is 14.8 Å². The van der Waals surface area contributed by atoms with Gasteiger partial charge in [0, 0.05) is 19.6 Å². The Kier molecular flexibility index (Phi) is 6.04. The van der Waals surface area contributed by atoms with Crippen molar-refractivity contribution in [3.8, 4) is 0 Å². The molecule has 0 aromatic carbocycles. The van der Waals surface area contributed by atoms with Crippen LogP contribution in [0.3, 0.4) is 0 Å². The molecule has 7 heteroatoms. The normalized spacial score (nSPS) is 20.3. The molecule has 106 valence electrons. The monoisotopic (exact) mass is 277 g/mol. The van der Waals surface area contributed by atoms with Crippen LogP contribution in [0.15, 0.2) is 0 Å². The highest BCUT2D eigenvalue weighted by atomic mass is 32.2. The quantitative estimate of drug-likeness (QED) is 0.659. The maximum atomic E-state index is 11.9. The van der Waals surface area contributed by atoms with E-state index in [-0.39, 0.29) is 24.2 Å². The van der Waals surface area contributed by atoms with Gasteiger partial charge in [-0.3, -0.25) is 4.79 Å². The van der Waals surface area contributed by atoms with Crippen molar-refractivity contribution in [3.63, 3.8) is 0 Å². The van der Waals surface area contributed by atoms with E-state index < -0.39 is 10.0 Å². The predicted molar refractivity (Wildman–Crippen MR) is 70.7 cm³/mol. The zero-order chi connectivity index (χ0) is 13.6. The first-order chi connectivity index (χ1) is 8.51. The van der Waals surface area contributed by atoms with Crippen LogP contribution in [-0.4, -0.2) is 56.6 Å². The van der Waals surface area contributed by atoms with Crippen LogP contribution >= 0.6 is 0 Å². The Morgan fingerprint density at radius 3 is 2.56 bits per heavy atom. The Morgan fingerprint density at radius 1 is 1.39 bits per heavy atom. The Labute approximate surface area is 109 Å². The number of rotatable bonds is 7. The number of sulfonamides is 1. The number of amides is 1. The number of carbonyl (C=O) groups is 1. The van der Waals surface area contributed by atoms with Crippen molar-refractivity contribution in [3.05, 3.63) is 0 Å². The lowest BCUT2D eigenvalue weighted by Gasteiger charge is -2.18. The Balaban J connectivity index is 2.34. The average Bonchev–Trinajstić information content (AvgIpc) is 2.83. The fraction of sp³-hybridized carbons (Fsp3) is 0.909. The molecule has 1 amide bonds. The van der Waals surface area contributed by atoms with E-state index in [1.165, 1.54) is 4.31 Å². The van der Waals surface area contributed by atoms with E-state index in [1.54, 1.807) is 0 Å². The van der Waals surface area contributed by atoms with Crippen LogP contribution in [0.4, 0.5) is 0 Å². The summed E-state index contributed by atoms with van der Waals surface area (Å²) >= 11 is 0. The highest BCUT2D eigenvalue weighted by Gasteiger charge is 2.23. The van der Waals surface area contributed by atoms with E-state index >= 15 is 0 Å². The van der Waals surface area contributed by atoms with Gasteiger partial charge in [0.1, 0.15) is 0 Å². The molecule has 18 heavy (non-hydrogen) atoms. The second-order valence-corrected chi connectivity index (χ2v) is 6.43. The molecule has 1 saturated heterocycles. The summed E-state index contributed by atoms with van der Waals surface area (Å²) in [5.41, 5.74) is 0. The van der Waals surface area contributed by atoms with Gasteiger partial charge in [-0.25, -0.2) is 12.7 Å². The van der Waals surface area contributed by atoms with Crippen molar-refractivity contribution >= 4 is 15.9 Å². The van der Waals surface area contributed by atoms with Gasteiger partial charge in [0.25, 0.3) is 0 Å². The lowest BCUT2D eigenvalue weighted by molar-refractivity contribution is -0.122.